The van der Waals surface area contributed by atoms with E-state index in [0.717, 1.165) is 6.42 Å². The molecule has 5 nitrogen and oxygen atoms in total. The molecule has 0 spiro atoms. The second-order valence-electron chi connectivity index (χ2n) is 3.53. The van der Waals surface area contributed by atoms with Crippen LogP contribution in [0.1, 0.15) is 19.8 Å². The van der Waals surface area contributed by atoms with Crippen molar-refractivity contribution in [3.63, 3.8) is 0 Å². The van der Waals surface area contributed by atoms with Gasteiger partial charge in [-0.3, -0.25) is 15.5 Å². The maximum atomic E-state index is 11.5. The van der Waals surface area contributed by atoms with Crippen LogP contribution in [0.15, 0.2) is 0 Å². The molecule has 4 N–H and O–H groups in total. The number of carbonyl (C=O) groups is 1. The Labute approximate surface area is 95.1 Å². The van der Waals surface area contributed by atoms with E-state index in [1.54, 1.807) is 0 Å². The summed E-state index contributed by atoms with van der Waals surface area (Å²) < 4.78 is 0. The summed E-state index contributed by atoms with van der Waals surface area (Å²) in [7, 11) is 0. The first kappa shape index (κ1) is 13.7. The molecule has 2 unspecified atom stereocenters. The van der Waals surface area contributed by atoms with E-state index >= 15 is 0 Å². The van der Waals surface area contributed by atoms with Crippen molar-refractivity contribution in [2.24, 2.45) is 11.7 Å². The summed E-state index contributed by atoms with van der Waals surface area (Å²) in [6, 6.07) is 1.73. The molecule has 0 aromatic heterocycles. The highest BCUT2D eigenvalue weighted by Gasteiger charge is 2.33. The van der Waals surface area contributed by atoms with E-state index in [1.165, 1.54) is 0 Å². The summed E-state index contributed by atoms with van der Waals surface area (Å²) in [5.74, 6) is 0.809. The lowest BCUT2D eigenvalue weighted by Gasteiger charge is -2.09. The summed E-state index contributed by atoms with van der Waals surface area (Å²) in [6.45, 7) is 2.38. The van der Waals surface area contributed by atoms with Gasteiger partial charge in [-0.1, -0.05) is 6.92 Å². The van der Waals surface area contributed by atoms with Gasteiger partial charge in [-0.25, -0.2) is 0 Å². The molecule has 1 rings (SSSR count). The van der Waals surface area contributed by atoms with E-state index in [0.29, 0.717) is 18.8 Å². The maximum absolute atomic E-state index is 11.5. The lowest BCUT2D eigenvalue weighted by atomic mass is 10.0. The third kappa shape index (κ3) is 3.76. The van der Waals surface area contributed by atoms with E-state index in [-0.39, 0.29) is 30.3 Å². The molecule has 0 aromatic rings. The van der Waals surface area contributed by atoms with Crippen molar-refractivity contribution in [2.45, 2.75) is 25.8 Å². The zero-order valence-corrected chi connectivity index (χ0v) is 9.34. The number of amides is 1. The summed E-state index contributed by atoms with van der Waals surface area (Å²) in [6.07, 6.45) is 1.07. The van der Waals surface area contributed by atoms with Crippen LogP contribution in [0.4, 0.5) is 0 Å². The Bertz CT molecular complexity index is 297. The molecular formula is C9H15ClN4O. The fourth-order valence-electron chi connectivity index (χ4n) is 1.54. The van der Waals surface area contributed by atoms with Gasteiger partial charge in [-0.15, -0.1) is 0 Å². The normalized spacial score (nSPS) is 23.6. The number of nitrogens with two attached hydrogens (primary N) is 1. The first-order valence-electron chi connectivity index (χ1n) is 4.67. The fraction of sp³-hybridized carbons (Fsp3) is 0.667. The van der Waals surface area contributed by atoms with Crippen LogP contribution in [-0.2, 0) is 4.79 Å². The predicted molar refractivity (Wildman–Crippen MR) is 51.0 cm³/mol. The molecule has 0 fully saturated rings. The van der Waals surface area contributed by atoms with Crippen molar-refractivity contribution in [3.8, 4) is 6.07 Å². The third-order valence-corrected chi connectivity index (χ3v) is 2.27. The van der Waals surface area contributed by atoms with Gasteiger partial charge in [0.05, 0.1) is 18.9 Å². The number of nitrogens with one attached hydrogen (secondary N) is 2. The minimum Gasteiger partial charge on any atom is -1.00 e. The minimum atomic E-state index is -0.242. The Kier molecular flexibility index (Phi) is 5.72. The van der Waals surface area contributed by atoms with Crippen LogP contribution in [-0.4, -0.2) is 24.3 Å². The molecule has 15 heavy (non-hydrogen) atoms. The number of rotatable bonds is 3. The third-order valence-electron chi connectivity index (χ3n) is 2.27. The lowest BCUT2D eigenvalue weighted by molar-refractivity contribution is -0.485. The maximum Gasteiger partial charge on any atom is 0.265 e. The minimum absolute atomic E-state index is 0. The lowest BCUT2D eigenvalue weighted by Crippen LogP contribution is -3.00. The zero-order valence-electron chi connectivity index (χ0n) is 8.59. The van der Waals surface area contributed by atoms with Crippen molar-refractivity contribution >= 4 is 11.7 Å². The number of hydrogen-bond acceptors (Lipinski definition) is 3. The largest absolute Gasteiger partial charge is 1.00 e. The van der Waals surface area contributed by atoms with E-state index in [4.69, 9.17) is 11.0 Å². The van der Waals surface area contributed by atoms with Gasteiger partial charge in [0.25, 0.3) is 5.91 Å². The highest BCUT2D eigenvalue weighted by Crippen LogP contribution is 2.07. The number of hydrogen-bond donors (Lipinski definition) is 3. The van der Waals surface area contributed by atoms with Crippen molar-refractivity contribution in [1.82, 2.24) is 5.32 Å². The van der Waals surface area contributed by atoms with Crippen LogP contribution in [0.5, 0.6) is 0 Å². The van der Waals surface area contributed by atoms with Gasteiger partial charge in [-0.2, -0.15) is 5.26 Å². The van der Waals surface area contributed by atoms with Gasteiger partial charge >= 0.3 is 0 Å². The van der Waals surface area contributed by atoms with E-state index in [2.05, 4.69) is 10.3 Å². The van der Waals surface area contributed by atoms with Gasteiger partial charge in [-0.05, 0) is 0 Å². The van der Waals surface area contributed by atoms with Crippen LogP contribution in [0.25, 0.3) is 0 Å². The Morgan fingerprint density at radius 2 is 2.47 bits per heavy atom. The molecule has 6 heteroatoms. The SMILES string of the molecule is CC1CC(N)=[NH+]C1C(=O)NCCC#N.[Cl-]. The second-order valence-corrected chi connectivity index (χ2v) is 3.53. The molecule has 0 saturated carbocycles. The van der Waals surface area contributed by atoms with Gasteiger partial charge < -0.3 is 17.7 Å². The van der Waals surface area contributed by atoms with Crippen LogP contribution in [0, 0.1) is 17.2 Å². The van der Waals surface area contributed by atoms with Crippen LogP contribution in [0.3, 0.4) is 0 Å². The van der Waals surface area contributed by atoms with Crippen molar-refractivity contribution in [2.75, 3.05) is 6.54 Å². The monoisotopic (exact) mass is 230 g/mol. The highest BCUT2D eigenvalue weighted by molar-refractivity contribution is 5.85. The van der Waals surface area contributed by atoms with Crippen molar-refractivity contribution in [3.05, 3.63) is 0 Å². The van der Waals surface area contributed by atoms with Gasteiger partial charge in [0.2, 0.25) is 5.84 Å². The highest BCUT2D eigenvalue weighted by atomic mass is 35.5. The molecule has 1 heterocycles. The number of amidine groups is 1. The quantitative estimate of drug-likeness (QED) is 0.424. The number of carbonyl (C=O) groups excluding carboxylic acids is 1. The Balaban J connectivity index is 0.00000196. The average Bonchev–Trinajstić information content (AvgIpc) is 2.45. The molecule has 1 aliphatic heterocycles. The predicted octanol–water partition coefficient (Wildman–Crippen LogP) is -5.13. The van der Waals surface area contributed by atoms with E-state index < -0.39 is 0 Å². The van der Waals surface area contributed by atoms with Gasteiger partial charge in [0.15, 0.2) is 6.04 Å². The van der Waals surface area contributed by atoms with Crippen LogP contribution in [0.2, 0.25) is 0 Å². The van der Waals surface area contributed by atoms with E-state index in [9.17, 15) is 4.79 Å². The molecule has 0 radical (unpaired) electrons. The summed E-state index contributed by atoms with van der Waals surface area (Å²) in [5, 5.41) is 11.0. The van der Waals surface area contributed by atoms with Gasteiger partial charge in [0.1, 0.15) is 0 Å². The number of nitriles is 1. The molecule has 0 aromatic carbocycles. The fourth-order valence-corrected chi connectivity index (χ4v) is 1.54. The van der Waals surface area contributed by atoms with Gasteiger partial charge in [0, 0.05) is 12.5 Å². The molecule has 1 amide bonds. The van der Waals surface area contributed by atoms with Crippen LogP contribution >= 0.6 is 0 Å². The first-order valence-corrected chi connectivity index (χ1v) is 4.67. The molecule has 84 valence electrons. The van der Waals surface area contributed by atoms with Crippen LogP contribution < -0.4 is 28.4 Å². The topological polar surface area (TPSA) is 92.9 Å². The Morgan fingerprint density at radius 3 is 2.93 bits per heavy atom. The standard InChI is InChI=1S/C9H14N4O.ClH/c1-6-5-7(11)13-8(6)9(14)12-4-2-3-10;/h6,8H,2,4-5H2,1H3,(H2,11,13)(H,12,14);1H. The first-order chi connectivity index (χ1) is 6.65. The molecule has 2 atom stereocenters. The summed E-state index contributed by atoms with van der Waals surface area (Å²) in [4.78, 5) is 14.5. The van der Waals surface area contributed by atoms with E-state index in [1.807, 2.05) is 13.0 Å². The molecular weight excluding hydrogens is 216 g/mol. The second kappa shape index (κ2) is 6.25. The summed E-state index contributed by atoms with van der Waals surface area (Å²) in [5.41, 5.74) is 5.58. The average molecular weight is 231 g/mol. The molecule has 1 aliphatic rings. The zero-order chi connectivity index (χ0) is 10.6. The molecule has 0 aliphatic carbocycles. The number of nitrogens with zero attached hydrogens (tertiary/aromatic N) is 1. The smallest absolute Gasteiger partial charge is 0.265 e. The van der Waals surface area contributed by atoms with Crippen molar-refractivity contribution < 1.29 is 22.2 Å². The Hall–Kier alpha value is -1.28. The molecule has 0 bridgehead atoms. The summed E-state index contributed by atoms with van der Waals surface area (Å²) >= 11 is 0. The molecule has 0 saturated heterocycles. The van der Waals surface area contributed by atoms with Crippen molar-refractivity contribution in [1.29, 1.82) is 5.26 Å². The Morgan fingerprint density at radius 1 is 1.80 bits per heavy atom. The number of halogens is 1.